The summed E-state index contributed by atoms with van der Waals surface area (Å²) in [4.78, 5) is 20.8. The second-order valence-corrected chi connectivity index (χ2v) is 10.7. The van der Waals surface area contributed by atoms with Crippen LogP contribution in [-0.4, -0.2) is 60.5 Å². The molecule has 0 aliphatic carbocycles. The van der Waals surface area contributed by atoms with Gasteiger partial charge in [-0.15, -0.1) is 0 Å². The van der Waals surface area contributed by atoms with E-state index in [9.17, 15) is 9.59 Å². The van der Waals surface area contributed by atoms with Crippen LogP contribution < -0.4 is 11.5 Å². The van der Waals surface area contributed by atoms with E-state index in [1.54, 1.807) is 6.92 Å². The summed E-state index contributed by atoms with van der Waals surface area (Å²) >= 11 is 0.148. The third-order valence-corrected chi connectivity index (χ3v) is 10.4. The molecule has 0 bridgehead atoms. The first kappa shape index (κ1) is 14.9. The Morgan fingerprint density at radius 3 is 2.20 bits per heavy atom. The van der Waals surface area contributed by atoms with Gasteiger partial charge >= 0.3 is 98.6 Å². The van der Waals surface area contributed by atoms with Crippen LogP contribution in [-0.2, 0) is 9.59 Å². The summed E-state index contributed by atoms with van der Waals surface area (Å²) in [6.45, 7) is 1.77. The van der Waals surface area contributed by atoms with Crippen molar-refractivity contribution in [1.29, 1.82) is 0 Å². The summed E-state index contributed by atoms with van der Waals surface area (Å²) in [7, 11) is 0. The molecule has 0 spiro atoms. The Bertz CT molecular complexity index is 239. The Morgan fingerprint density at radius 2 is 1.80 bits per heavy atom. The summed E-state index contributed by atoms with van der Waals surface area (Å²) in [5.74, 6) is -2.02. The number of carbonyl (C=O) groups is 2. The Labute approximate surface area is 98.6 Å². The fraction of sp³-hybridized carbons (Fsp3) is 0.714. The van der Waals surface area contributed by atoms with E-state index in [1.165, 1.54) is 0 Å². The zero-order chi connectivity index (χ0) is 12.0. The van der Waals surface area contributed by atoms with Crippen molar-refractivity contribution in [2.24, 2.45) is 11.5 Å². The fourth-order valence-corrected chi connectivity index (χ4v) is 8.37. The van der Waals surface area contributed by atoms with Gasteiger partial charge in [0.25, 0.3) is 0 Å². The van der Waals surface area contributed by atoms with Crippen LogP contribution in [0.3, 0.4) is 0 Å². The second-order valence-electron chi connectivity index (χ2n) is 2.89. The van der Waals surface area contributed by atoms with Gasteiger partial charge in [0.15, 0.2) is 0 Å². The van der Waals surface area contributed by atoms with Crippen molar-refractivity contribution in [2.45, 2.75) is 29.1 Å². The van der Waals surface area contributed by atoms with Crippen molar-refractivity contribution in [1.82, 2.24) is 0 Å². The third-order valence-electron chi connectivity index (χ3n) is 1.58. The Kier molecular flexibility index (Phi) is 7.17. The molecule has 0 saturated carbocycles. The van der Waals surface area contributed by atoms with E-state index >= 15 is 0 Å². The van der Waals surface area contributed by atoms with E-state index < -0.39 is 24.0 Å². The molecule has 0 aromatic heterocycles. The van der Waals surface area contributed by atoms with Gasteiger partial charge in [0.2, 0.25) is 0 Å². The molecule has 0 rings (SSSR count). The van der Waals surface area contributed by atoms with Gasteiger partial charge in [-0.2, -0.15) is 0 Å². The molecule has 88 valence electrons. The van der Waals surface area contributed by atoms with Crippen LogP contribution in [0, 0.1) is 0 Å². The molecule has 0 aromatic carbocycles. The minimum atomic E-state index is -1.01. The van der Waals surface area contributed by atoms with E-state index in [4.69, 9.17) is 21.7 Å². The third kappa shape index (κ3) is 6.14. The van der Waals surface area contributed by atoms with Gasteiger partial charge in [-0.1, -0.05) is 0 Å². The monoisotopic (exact) mass is 350 g/mol. The van der Waals surface area contributed by atoms with Gasteiger partial charge in [0.1, 0.15) is 0 Å². The molecule has 0 heterocycles. The van der Waals surface area contributed by atoms with Gasteiger partial charge in [0, 0.05) is 0 Å². The number of hydrogen-bond acceptors (Lipinski definition) is 4. The van der Waals surface area contributed by atoms with E-state index in [-0.39, 0.29) is 31.1 Å². The second kappa shape index (κ2) is 7.22. The molecule has 0 amide bonds. The van der Waals surface area contributed by atoms with Crippen LogP contribution in [0.25, 0.3) is 0 Å². The molecule has 8 heteroatoms. The molecule has 0 radical (unpaired) electrons. The van der Waals surface area contributed by atoms with Crippen molar-refractivity contribution < 1.29 is 19.8 Å². The van der Waals surface area contributed by atoms with E-state index in [0.29, 0.717) is 5.32 Å². The van der Waals surface area contributed by atoms with Crippen LogP contribution in [0.4, 0.5) is 0 Å². The first-order valence-corrected chi connectivity index (χ1v) is 10.6. The molecule has 1 unspecified atom stereocenters. The maximum atomic E-state index is 10.5. The molecule has 6 N–H and O–H groups in total. The van der Waals surface area contributed by atoms with Crippen molar-refractivity contribution in [2.75, 3.05) is 0 Å². The molecule has 0 aliphatic rings. The number of hydrogen-bond donors (Lipinski definition) is 4. The average Bonchev–Trinajstić information content (AvgIpc) is 2.15. The normalized spacial score (nSPS) is 16.7. The van der Waals surface area contributed by atoms with Crippen LogP contribution in [0.2, 0.25) is 10.1 Å². The van der Waals surface area contributed by atoms with E-state index in [2.05, 4.69) is 0 Å². The van der Waals surface area contributed by atoms with Gasteiger partial charge < -0.3 is 0 Å². The van der Waals surface area contributed by atoms with Gasteiger partial charge in [0.05, 0.1) is 0 Å². The first-order chi connectivity index (χ1) is 6.86. The molecule has 0 aromatic rings. The zero-order valence-corrected chi connectivity index (χ0v) is 11.5. The summed E-state index contributed by atoms with van der Waals surface area (Å²) in [6.07, 6.45) is 0. The average molecular weight is 348 g/mol. The van der Waals surface area contributed by atoms with Crippen LogP contribution in [0.5, 0.6) is 0 Å². The van der Waals surface area contributed by atoms with E-state index in [0.717, 1.165) is 0 Å². The summed E-state index contributed by atoms with van der Waals surface area (Å²) in [6, 6.07) is -1.69. The summed E-state index contributed by atoms with van der Waals surface area (Å²) < 4.78 is 0. The van der Waals surface area contributed by atoms with Crippen LogP contribution in [0.1, 0.15) is 6.92 Å². The number of aliphatic carboxylic acids is 2. The van der Waals surface area contributed by atoms with Crippen molar-refractivity contribution in [3.05, 3.63) is 0 Å². The molecule has 0 fully saturated rings. The zero-order valence-electron chi connectivity index (χ0n) is 8.12. The Balaban J connectivity index is 3.77. The topological polar surface area (TPSA) is 127 Å². The fourth-order valence-electron chi connectivity index (χ4n) is 0.552. The molecule has 0 aliphatic heterocycles. The van der Waals surface area contributed by atoms with Crippen LogP contribution >= 0.6 is 0 Å². The number of carboxylic acid groups (broad SMARTS) is 2. The predicted molar refractivity (Wildman–Crippen MR) is 57.0 cm³/mol. The van der Waals surface area contributed by atoms with Gasteiger partial charge in [-0.25, -0.2) is 0 Å². The molecule has 6 nitrogen and oxygen atoms in total. The Hall–Kier alpha value is -0.101. The molecule has 0 saturated heterocycles. The van der Waals surface area contributed by atoms with Crippen molar-refractivity contribution in [3.63, 3.8) is 0 Å². The van der Waals surface area contributed by atoms with Crippen molar-refractivity contribution >= 4 is 38.2 Å². The number of rotatable bonds is 7. The van der Waals surface area contributed by atoms with Crippen LogP contribution in [0.15, 0.2) is 0 Å². The molecule has 15 heavy (non-hydrogen) atoms. The predicted octanol–water partition coefficient (Wildman–Crippen LogP) is -1.64. The molecule has 3 atom stereocenters. The Morgan fingerprint density at radius 1 is 1.27 bits per heavy atom. The SMILES string of the molecule is CC([Se][Se]C[C@H](N)C(=O)O)[C@H](N)C(=O)O. The minimum absolute atomic E-state index is 0.0673. The maximum absolute atomic E-state index is 10.5. The van der Waals surface area contributed by atoms with Gasteiger partial charge in [-0.3, -0.25) is 0 Å². The summed E-state index contributed by atoms with van der Waals surface area (Å²) in [5, 5.41) is 17.6. The van der Waals surface area contributed by atoms with Gasteiger partial charge in [-0.05, 0) is 0 Å². The number of carboxylic acids is 2. The summed E-state index contributed by atoms with van der Waals surface area (Å²) in [5.41, 5.74) is 10.7. The standard InChI is InChI=1S/C7H14N2O4Se2/c1-3(5(9)7(12)13)15-14-2-4(8)6(10)11/h3-5H,2,8-9H2,1H3,(H,10,11)(H,12,13)/t3?,4-,5-/m0/s1. The molecular formula is C7H14N2O4Se2. The quantitative estimate of drug-likeness (QED) is 0.409. The molecular weight excluding hydrogens is 334 g/mol. The van der Waals surface area contributed by atoms with E-state index in [1.807, 2.05) is 0 Å². The van der Waals surface area contributed by atoms with Crippen molar-refractivity contribution in [3.8, 4) is 0 Å². The number of nitrogens with two attached hydrogens (primary N) is 2. The first-order valence-electron chi connectivity index (χ1n) is 4.11.